The molecule has 1 aromatic heterocycles. The zero-order chi connectivity index (χ0) is 14.1. The lowest BCUT2D eigenvalue weighted by molar-refractivity contribution is -0.116. The van der Waals surface area contributed by atoms with E-state index in [4.69, 9.17) is 5.73 Å². The van der Waals surface area contributed by atoms with Crippen LogP contribution in [0.4, 0.5) is 5.82 Å². The van der Waals surface area contributed by atoms with Crippen molar-refractivity contribution in [2.45, 2.75) is 46.0 Å². The molecule has 1 atom stereocenters. The van der Waals surface area contributed by atoms with Crippen LogP contribution in [0, 0.1) is 12.8 Å². The summed E-state index contributed by atoms with van der Waals surface area (Å²) in [5.74, 6) is 1.23. The van der Waals surface area contributed by atoms with Crippen molar-refractivity contribution >= 4 is 11.7 Å². The van der Waals surface area contributed by atoms with Gasteiger partial charge < -0.3 is 11.1 Å². The van der Waals surface area contributed by atoms with E-state index in [1.54, 1.807) is 0 Å². The Morgan fingerprint density at radius 3 is 2.79 bits per heavy atom. The number of anilines is 1. The molecule has 0 bridgehead atoms. The van der Waals surface area contributed by atoms with Gasteiger partial charge >= 0.3 is 0 Å². The minimum atomic E-state index is 0.0382. The average molecular weight is 263 g/mol. The number of nitrogens with zero attached hydrogens (tertiary/aromatic N) is 1. The number of pyridine rings is 1. The van der Waals surface area contributed by atoms with E-state index in [9.17, 15) is 4.79 Å². The van der Waals surface area contributed by atoms with E-state index in [-0.39, 0.29) is 5.91 Å². The third-order valence-electron chi connectivity index (χ3n) is 3.21. The second kappa shape index (κ2) is 8.64. The smallest absolute Gasteiger partial charge is 0.225 e. The van der Waals surface area contributed by atoms with Crippen LogP contribution in [-0.4, -0.2) is 17.4 Å². The summed E-state index contributed by atoms with van der Waals surface area (Å²) < 4.78 is 0. The van der Waals surface area contributed by atoms with Gasteiger partial charge in [-0.25, -0.2) is 4.98 Å². The minimum Gasteiger partial charge on any atom is -0.330 e. The Hall–Kier alpha value is -1.42. The predicted octanol–water partition coefficient (Wildman–Crippen LogP) is 2.87. The third-order valence-corrected chi connectivity index (χ3v) is 3.21. The molecule has 1 aromatic rings. The van der Waals surface area contributed by atoms with E-state index >= 15 is 0 Å². The first-order chi connectivity index (χ1) is 9.15. The first-order valence-electron chi connectivity index (χ1n) is 7.09. The fourth-order valence-electron chi connectivity index (χ4n) is 2.23. The number of hydrogen-bond acceptors (Lipinski definition) is 3. The van der Waals surface area contributed by atoms with Crippen molar-refractivity contribution in [2.24, 2.45) is 11.7 Å². The van der Waals surface area contributed by atoms with Gasteiger partial charge in [0.15, 0.2) is 0 Å². The Kier molecular flexibility index (Phi) is 7.11. The summed E-state index contributed by atoms with van der Waals surface area (Å²) in [6.07, 6.45) is 4.74. The molecule has 0 aromatic carbocycles. The highest BCUT2D eigenvalue weighted by atomic mass is 16.1. The van der Waals surface area contributed by atoms with Gasteiger partial charge in [0, 0.05) is 12.1 Å². The lowest BCUT2D eigenvalue weighted by Crippen LogP contribution is -2.16. The molecule has 0 aliphatic carbocycles. The Labute approximate surface area is 115 Å². The maximum Gasteiger partial charge on any atom is 0.225 e. The number of aromatic nitrogens is 1. The fraction of sp³-hybridized carbons (Fsp3) is 0.600. The highest BCUT2D eigenvalue weighted by Gasteiger charge is 2.10. The molecule has 0 spiro atoms. The molecule has 1 heterocycles. The molecule has 0 radical (unpaired) electrons. The number of carbonyl (C=O) groups is 1. The number of amides is 1. The molecule has 3 N–H and O–H groups in total. The van der Waals surface area contributed by atoms with E-state index in [1.807, 2.05) is 25.1 Å². The number of carbonyl (C=O) groups excluding carboxylic acids is 1. The molecule has 1 rings (SSSR count). The summed E-state index contributed by atoms with van der Waals surface area (Å²) in [4.78, 5) is 16.1. The maximum absolute atomic E-state index is 11.9. The van der Waals surface area contributed by atoms with Crippen molar-refractivity contribution in [2.75, 3.05) is 11.9 Å². The Bertz CT molecular complexity index is 387. The van der Waals surface area contributed by atoms with Gasteiger partial charge in [-0.05, 0) is 44.4 Å². The number of nitrogens with one attached hydrogen (secondary N) is 1. The van der Waals surface area contributed by atoms with Crippen molar-refractivity contribution in [1.29, 1.82) is 0 Å². The van der Waals surface area contributed by atoms with Crippen LogP contribution in [0.3, 0.4) is 0 Å². The number of aryl methyl sites for hydroxylation is 1. The van der Waals surface area contributed by atoms with Gasteiger partial charge in [0.1, 0.15) is 5.82 Å². The summed E-state index contributed by atoms with van der Waals surface area (Å²) >= 11 is 0. The fourth-order valence-corrected chi connectivity index (χ4v) is 2.23. The lowest BCUT2D eigenvalue weighted by Gasteiger charge is -2.14. The molecule has 0 fully saturated rings. The quantitative estimate of drug-likeness (QED) is 0.757. The number of nitrogens with two attached hydrogens (primary N) is 1. The van der Waals surface area contributed by atoms with Crippen molar-refractivity contribution in [3.05, 3.63) is 23.9 Å². The minimum absolute atomic E-state index is 0.0382. The van der Waals surface area contributed by atoms with Gasteiger partial charge in [-0.3, -0.25) is 4.79 Å². The first kappa shape index (κ1) is 15.6. The van der Waals surface area contributed by atoms with E-state index in [0.717, 1.165) is 31.4 Å². The third kappa shape index (κ3) is 6.34. The van der Waals surface area contributed by atoms with Crippen LogP contribution in [0.1, 0.15) is 44.7 Å². The van der Waals surface area contributed by atoms with Crippen molar-refractivity contribution < 1.29 is 4.79 Å². The SMILES string of the molecule is CCCC(CCN)CCC(=O)Nc1cccc(C)n1. The summed E-state index contributed by atoms with van der Waals surface area (Å²) in [5, 5.41) is 2.84. The van der Waals surface area contributed by atoms with Crippen LogP contribution in [-0.2, 0) is 4.79 Å². The topological polar surface area (TPSA) is 68.0 Å². The molecular weight excluding hydrogens is 238 g/mol. The molecule has 4 nitrogen and oxygen atoms in total. The van der Waals surface area contributed by atoms with Gasteiger partial charge in [-0.2, -0.15) is 0 Å². The van der Waals surface area contributed by atoms with Gasteiger partial charge in [0.05, 0.1) is 0 Å². The van der Waals surface area contributed by atoms with Crippen LogP contribution >= 0.6 is 0 Å². The van der Waals surface area contributed by atoms with E-state index in [1.165, 1.54) is 0 Å². The van der Waals surface area contributed by atoms with Crippen LogP contribution < -0.4 is 11.1 Å². The first-order valence-corrected chi connectivity index (χ1v) is 7.09. The molecule has 1 unspecified atom stereocenters. The summed E-state index contributed by atoms with van der Waals surface area (Å²) in [5.41, 5.74) is 6.50. The van der Waals surface area contributed by atoms with Gasteiger partial charge in [-0.1, -0.05) is 25.8 Å². The zero-order valence-electron chi connectivity index (χ0n) is 12.0. The van der Waals surface area contributed by atoms with Crippen molar-refractivity contribution in [1.82, 2.24) is 4.98 Å². The van der Waals surface area contributed by atoms with Crippen LogP contribution in [0.5, 0.6) is 0 Å². The normalized spacial score (nSPS) is 12.2. The standard InChI is InChI=1S/C15H25N3O/c1-3-5-13(10-11-16)8-9-15(19)18-14-7-4-6-12(2)17-14/h4,6-7,13H,3,5,8-11,16H2,1-2H3,(H,17,18,19). The van der Waals surface area contributed by atoms with Gasteiger partial charge in [0.25, 0.3) is 0 Å². The molecular formula is C15H25N3O. The molecule has 0 saturated carbocycles. The Morgan fingerprint density at radius 1 is 1.37 bits per heavy atom. The molecule has 4 heteroatoms. The molecule has 19 heavy (non-hydrogen) atoms. The number of hydrogen-bond donors (Lipinski definition) is 2. The summed E-state index contributed by atoms with van der Waals surface area (Å²) in [7, 11) is 0. The largest absolute Gasteiger partial charge is 0.330 e. The van der Waals surface area contributed by atoms with Crippen LogP contribution in [0.25, 0.3) is 0 Å². The molecule has 1 amide bonds. The second-order valence-electron chi connectivity index (χ2n) is 4.98. The van der Waals surface area contributed by atoms with Gasteiger partial charge in [-0.15, -0.1) is 0 Å². The van der Waals surface area contributed by atoms with E-state index in [2.05, 4.69) is 17.2 Å². The predicted molar refractivity (Wildman–Crippen MR) is 78.9 cm³/mol. The molecule has 106 valence electrons. The van der Waals surface area contributed by atoms with Gasteiger partial charge in [0.2, 0.25) is 5.91 Å². The Balaban J connectivity index is 2.38. The zero-order valence-corrected chi connectivity index (χ0v) is 12.0. The maximum atomic E-state index is 11.9. The van der Waals surface area contributed by atoms with E-state index in [0.29, 0.717) is 24.7 Å². The lowest BCUT2D eigenvalue weighted by atomic mass is 9.94. The second-order valence-corrected chi connectivity index (χ2v) is 4.98. The Morgan fingerprint density at radius 2 is 2.16 bits per heavy atom. The highest BCUT2D eigenvalue weighted by Crippen LogP contribution is 2.17. The monoisotopic (exact) mass is 263 g/mol. The number of rotatable bonds is 8. The summed E-state index contributed by atoms with van der Waals surface area (Å²) in [6, 6.07) is 5.62. The van der Waals surface area contributed by atoms with Crippen LogP contribution in [0.2, 0.25) is 0 Å². The average Bonchev–Trinajstić information content (AvgIpc) is 2.36. The van der Waals surface area contributed by atoms with Crippen LogP contribution in [0.15, 0.2) is 18.2 Å². The molecule has 0 saturated heterocycles. The molecule has 0 aliphatic heterocycles. The van der Waals surface area contributed by atoms with E-state index < -0.39 is 0 Å². The van der Waals surface area contributed by atoms with Crippen molar-refractivity contribution in [3.8, 4) is 0 Å². The highest BCUT2D eigenvalue weighted by molar-refractivity contribution is 5.89. The molecule has 0 aliphatic rings. The summed E-state index contributed by atoms with van der Waals surface area (Å²) in [6.45, 7) is 4.78. The van der Waals surface area contributed by atoms with Crippen molar-refractivity contribution in [3.63, 3.8) is 0 Å².